The summed E-state index contributed by atoms with van der Waals surface area (Å²) in [7, 11) is 0. The van der Waals surface area contributed by atoms with Crippen LogP contribution < -0.4 is 4.90 Å². The van der Waals surface area contributed by atoms with Crippen molar-refractivity contribution in [2.45, 2.75) is 26.7 Å². The molecule has 0 aromatic heterocycles. The van der Waals surface area contributed by atoms with Gasteiger partial charge in [-0.3, -0.25) is 0 Å². The van der Waals surface area contributed by atoms with E-state index in [0.717, 1.165) is 6.54 Å². The third-order valence-corrected chi connectivity index (χ3v) is 3.77. The van der Waals surface area contributed by atoms with Crippen molar-refractivity contribution in [3.63, 3.8) is 0 Å². The topological polar surface area (TPSA) is 3.24 Å². The lowest BCUT2D eigenvalue weighted by Crippen LogP contribution is -2.25. The molecule has 2 aromatic carbocycles. The molecule has 1 nitrogen and oxygen atoms in total. The van der Waals surface area contributed by atoms with Crippen LogP contribution in [0.2, 0.25) is 0 Å². The highest BCUT2D eigenvalue weighted by atomic mass is 15.1. The van der Waals surface area contributed by atoms with Gasteiger partial charge in [0.2, 0.25) is 0 Å². The first-order valence-electron chi connectivity index (χ1n) is 6.68. The van der Waals surface area contributed by atoms with Crippen LogP contribution in [0.3, 0.4) is 0 Å². The SMILES string of the molecule is Cc1ccc(C)c(N2CCCc3ccccc32)c1. The molecule has 0 saturated carbocycles. The monoisotopic (exact) mass is 237 g/mol. The van der Waals surface area contributed by atoms with E-state index in [9.17, 15) is 0 Å². The molecule has 1 aliphatic rings. The molecule has 0 spiro atoms. The van der Waals surface area contributed by atoms with Gasteiger partial charge in [-0.25, -0.2) is 0 Å². The van der Waals surface area contributed by atoms with Crippen molar-refractivity contribution in [3.05, 3.63) is 59.2 Å². The second kappa shape index (κ2) is 4.49. The number of para-hydroxylation sites is 1. The summed E-state index contributed by atoms with van der Waals surface area (Å²) in [6, 6.07) is 15.5. The summed E-state index contributed by atoms with van der Waals surface area (Å²) in [6.07, 6.45) is 2.45. The molecular weight excluding hydrogens is 218 g/mol. The largest absolute Gasteiger partial charge is 0.341 e. The molecule has 18 heavy (non-hydrogen) atoms. The standard InChI is InChI=1S/C17H19N/c1-13-9-10-14(2)17(12-13)18-11-5-7-15-6-3-4-8-16(15)18/h3-4,6,8-10,12H,5,7,11H2,1-2H3. The number of nitrogens with zero attached hydrogens (tertiary/aromatic N) is 1. The molecule has 0 radical (unpaired) electrons. The van der Waals surface area contributed by atoms with Gasteiger partial charge in [-0.2, -0.15) is 0 Å². The van der Waals surface area contributed by atoms with E-state index in [1.165, 1.54) is 40.9 Å². The number of aryl methyl sites for hydroxylation is 3. The zero-order valence-corrected chi connectivity index (χ0v) is 11.1. The van der Waals surface area contributed by atoms with Crippen LogP contribution in [-0.4, -0.2) is 6.54 Å². The Balaban J connectivity index is 2.11. The van der Waals surface area contributed by atoms with Crippen LogP contribution in [0.5, 0.6) is 0 Å². The molecule has 0 N–H and O–H groups in total. The van der Waals surface area contributed by atoms with Crippen molar-refractivity contribution in [1.82, 2.24) is 0 Å². The van der Waals surface area contributed by atoms with Gasteiger partial charge in [0.25, 0.3) is 0 Å². The van der Waals surface area contributed by atoms with Gasteiger partial charge >= 0.3 is 0 Å². The van der Waals surface area contributed by atoms with Gasteiger partial charge in [-0.1, -0.05) is 30.3 Å². The maximum absolute atomic E-state index is 2.47. The minimum Gasteiger partial charge on any atom is -0.341 e. The Morgan fingerprint density at radius 3 is 2.67 bits per heavy atom. The second-order valence-corrected chi connectivity index (χ2v) is 5.17. The van der Waals surface area contributed by atoms with Gasteiger partial charge < -0.3 is 4.90 Å². The van der Waals surface area contributed by atoms with Crippen molar-refractivity contribution in [2.24, 2.45) is 0 Å². The predicted molar refractivity (Wildman–Crippen MR) is 77.7 cm³/mol. The van der Waals surface area contributed by atoms with Crippen LogP contribution in [0, 0.1) is 13.8 Å². The predicted octanol–water partition coefficient (Wildman–Crippen LogP) is 4.39. The molecule has 1 heterocycles. The normalized spacial score (nSPS) is 14.4. The third kappa shape index (κ3) is 1.90. The van der Waals surface area contributed by atoms with Gasteiger partial charge in [0, 0.05) is 17.9 Å². The first-order valence-corrected chi connectivity index (χ1v) is 6.68. The second-order valence-electron chi connectivity index (χ2n) is 5.17. The van der Waals surface area contributed by atoms with Crippen molar-refractivity contribution >= 4 is 11.4 Å². The number of benzene rings is 2. The highest BCUT2D eigenvalue weighted by molar-refractivity contribution is 5.70. The van der Waals surface area contributed by atoms with E-state index in [1.807, 2.05) is 0 Å². The maximum Gasteiger partial charge on any atom is 0.0443 e. The summed E-state index contributed by atoms with van der Waals surface area (Å²) < 4.78 is 0. The molecule has 2 aromatic rings. The Labute approximate surface area is 109 Å². The lowest BCUT2D eigenvalue weighted by Gasteiger charge is -2.32. The Morgan fingerprint density at radius 2 is 1.78 bits per heavy atom. The number of anilines is 2. The summed E-state index contributed by atoms with van der Waals surface area (Å²) >= 11 is 0. The van der Waals surface area contributed by atoms with Crippen molar-refractivity contribution in [1.29, 1.82) is 0 Å². The van der Waals surface area contributed by atoms with Gasteiger partial charge in [0.05, 0.1) is 0 Å². The molecule has 1 heteroatoms. The van der Waals surface area contributed by atoms with Crippen molar-refractivity contribution in [2.75, 3.05) is 11.4 Å². The Morgan fingerprint density at radius 1 is 0.944 bits per heavy atom. The van der Waals surface area contributed by atoms with Gasteiger partial charge in [-0.05, 0) is 55.5 Å². The van der Waals surface area contributed by atoms with E-state index >= 15 is 0 Å². The maximum atomic E-state index is 2.47. The van der Waals surface area contributed by atoms with Gasteiger partial charge in [-0.15, -0.1) is 0 Å². The molecule has 3 rings (SSSR count). The zero-order valence-electron chi connectivity index (χ0n) is 11.1. The van der Waals surface area contributed by atoms with Crippen LogP contribution in [0.4, 0.5) is 11.4 Å². The summed E-state index contributed by atoms with van der Waals surface area (Å²) in [5.41, 5.74) is 6.92. The fraction of sp³-hybridized carbons (Fsp3) is 0.294. The minimum atomic E-state index is 1.13. The molecule has 0 bridgehead atoms. The van der Waals surface area contributed by atoms with Crippen LogP contribution in [0.25, 0.3) is 0 Å². The fourth-order valence-electron chi connectivity index (χ4n) is 2.79. The Hall–Kier alpha value is -1.76. The average molecular weight is 237 g/mol. The van der Waals surface area contributed by atoms with E-state index in [1.54, 1.807) is 0 Å². The van der Waals surface area contributed by atoms with Crippen molar-refractivity contribution in [3.8, 4) is 0 Å². The molecule has 0 fully saturated rings. The van der Waals surface area contributed by atoms with E-state index in [4.69, 9.17) is 0 Å². The number of fused-ring (bicyclic) bond motifs is 1. The summed E-state index contributed by atoms with van der Waals surface area (Å²) in [5.74, 6) is 0. The van der Waals surface area contributed by atoms with E-state index < -0.39 is 0 Å². The van der Waals surface area contributed by atoms with Crippen LogP contribution >= 0.6 is 0 Å². The molecule has 92 valence electrons. The minimum absolute atomic E-state index is 1.13. The van der Waals surface area contributed by atoms with Crippen molar-refractivity contribution < 1.29 is 0 Å². The first kappa shape index (κ1) is 11.3. The van der Waals surface area contributed by atoms with Gasteiger partial charge in [0.15, 0.2) is 0 Å². The Bertz CT molecular complexity index is 572. The quantitative estimate of drug-likeness (QED) is 0.711. The molecule has 0 atom stereocenters. The van der Waals surface area contributed by atoms with Crippen LogP contribution in [0.15, 0.2) is 42.5 Å². The van der Waals surface area contributed by atoms with E-state index in [-0.39, 0.29) is 0 Å². The highest BCUT2D eigenvalue weighted by Crippen LogP contribution is 2.35. The van der Waals surface area contributed by atoms with E-state index in [2.05, 4.69) is 61.2 Å². The highest BCUT2D eigenvalue weighted by Gasteiger charge is 2.18. The molecule has 0 unspecified atom stereocenters. The lowest BCUT2D eigenvalue weighted by molar-refractivity contribution is 0.765. The third-order valence-electron chi connectivity index (χ3n) is 3.77. The summed E-state index contributed by atoms with van der Waals surface area (Å²) in [4.78, 5) is 2.47. The number of hydrogen-bond donors (Lipinski definition) is 0. The molecule has 0 aliphatic carbocycles. The summed E-state index contributed by atoms with van der Waals surface area (Å²) in [6.45, 7) is 5.49. The van der Waals surface area contributed by atoms with E-state index in [0.29, 0.717) is 0 Å². The number of rotatable bonds is 1. The molecule has 0 saturated heterocycles. The fourth-order valence-corrected chi connectivity index (χ4v) is 2.79. The van der Waals surface area contributed by atoms with Crippen LogP contribution in [0.1, 0.15) is 23.1 Å². The summed E-state index contributed by atoms with van der Waals surface area (Å²) in [5, 5.41) is 0. The molecule has 0 amide bonds. The first-order chi connectivity index (χ1) is 8.75. The average Bonchev–Trinajstić information content (AvgIpc) is 2.41. The van der Waals surface area contributed by atoms with Gasteiger partial charge in [0.1, 0.15) is 0 Å². The smallest absolute Gasteiger partial charge is 0.0443 e. The molecule has 1 aliphatic heterocycles. The lowest BCUT2D eigenvalue weighted by atomic mass is 9.99. The molecular formula is C17H19N. The zero-order chi connectivity index (χ0) is 12.5. The number of hydrogen-bond acceptors (Lipinski definition) is 1. The van der Waals surface area contributed by atoms with Crippen LogP contribution in [-0.2, 0) is 6.42 Å². The Kier molecular flexibility index (Phi) is 2.83.